The van der Waals surface area contributed by atoms with Crippen LogP contribution in [0.1, 0.15) is 18.2 Å². The number of nitrogens with one attached hydrogen (secondary N) is 1. The summed E-state index contributed by atoms with van der Waals surface area (Å²) in [5.41, 5.74) is 3.94. The van der Waals surface area contributed by atoms with E-state index < -0.39 is 0 Å². The van der Waals surface area contributed by atoms with E-state index in [0.717, 1.165) is 28.3 Å². The Kier molecular flexibility index (Phi) is 6.26. The molecule has 0 aliphatic rings. The number of hydrogen-bond acceptors (Lipinski definition) is 3. The van der Waals surface area contributed by atoms with Crippen molar-refractivity contribution in [3.63, 3.8) is 0 Å². The highest BCUT2D eigenvalue weighted by Crippen LogP contribution is 2.15. The van der Waals surface area contributed by atoms with Gasteiger partial charge >= 0.3 is 0 Å². The number of halogens is 1. The maximum atomic E-state index is 12.3. The predicted molar refractivity (Wildman–Crippen MR) is 116 cm³/mol. The molecule has 3 rings (SSSR count). The summed E-state index contributed by atoms with van der Waals surface area (Å²) >= 11 is 3.82. The zero-order valence-corrected chi connectivity index (χ0v) is 17.7. The average molecular weight is 477 g/mol. The van der Waals surface area contributed by atoms with Crippen LogP contribution < -0.4 is 10.1 Å². The Balaban J connectivity index is 1.71. The molecule has 3 aromatic rings. The Bertz CT molecular complexity index is 956. The van der Waals surface area contributed by atoms with Gasteiger partial charge in [0.05, 0.1) is 12.1 Å². The summed E-state index contributed by atoms with van der Waals surface area (Å²) < 4.78 is 3.16. The summed E-state index contributed by atoms with van der Waals surface area (Å²) in [6.45, 7) is 2.11. The third-order valence-electron chi connectivity index (χ3n) is 4.06. The zero-order valence-electron chi connectivity index (χ0n) is 14.7. The maximum Gasteiger partial charge on any atom is 0.230 e. The molecule has 0 spiro atoms. The molecule has 6 heteroatoms. The van der Waals surface area contributed by atoms with Gasteiger partial charge in [0.25, 0.3) is 0 Å². The lowest BCUT2D eigenvalue weighted by Gasteiger charge is -2.06. The Labute approximate surface area is 170 Å². The van der Waals surface area contributed by atoms with Crippen molar-refractivity contribution in [1.29, 1.82) is 0 Å². The van der Waals surface area contributed by atoms with Crippen molar-refractivity contribution < 1.29 is 4.79 Å². The number of rotatable bonds is 5. The number of nitrogens with zero attached hydrogens (tertiary/aromatic N) is 2. The predicted octanol–water partition coefficient (Wildman–Crippen LogP) is 4.67. The minimum atomic E-state index is -0.0246. The van der Waals surface area contributed by atoms with Gasteiger partial charge in [0.15, 0.2) is 4.80 Å². The van der Waals surface area contributed by atoms with Crippen molar-refractivity contribution in [2.75, 3.05) is 5.32 Å². The second-order valence-corrected chi connectivity index (χ2v) is 8.01. The maximum absolute atomic E-state index is 12.3. The molecular formula is C20H20IN3OS. The van der Waals surface area contributed by atoms with Gasteiger partial charge in [0, 0.05) is 27.4 Å². The van der Waals surface area contributed by atoms with Crippen molar-refractivity contribution in [2.45, 2.75) is 19.8 Å². The van der Waals surface area contributed by atoms with Crippen LogP contribution in [0.3, 0.4) is 0 Å². The van der Waals surface area contributed by atoms with Gasteiger partial charge < -0.3 is 9.88 Å². The summed E-state index contributed by atoms with van der Waals surface area (Å²) in [6, 6.07) is 16.0. The molecule has 0 saturated carbocycles. The number of aromatic nitrogens is 1. The van der Waals surface area contributed by atoms with Crippen LogP contribution in [-0.2, 0) is 24.7 Å². The first kappa shape index (κ1) is 18.8. The third kappa shape index (κ3) is 4.82. The molecule has 0 aliphatic heterocycles. The van der Waals surface area contributed by atoms with Gasteiger partial charge in [0.2, 0.25) is 5.91 Å². The van der Waals surface area contributed by atoms with E-state index in [9.17, 15) is 4.79 Å². The minimum absolute atomic E-state index is 0.0246. The first-order valence-corrected chi connectivity index (χ1v) is 10.3. The lowest BCUT2D eigenvalue weighted by atomic mass is 10.1. The van der Waals surface area contributed by atoms with E-state index in [1.54, 1.807) is 11.3 Å². The second kappa shape index (κ2) is 8.64. The van der Waals surface area contributed by atoms with E-state index in [-0.39, 0.29) is 5.91 Å². The highest BCUT2D eigenvalue weighted by molar-refractivity contribution is 14.1. The van der Waals surface area contributed by atoms with E-state index >= 15 is 0 Å². The Morgan fingerprint density at radius 2 is 1.85 bits per heavy atom. The van der Waals surface area contributed by atoms with E-state index in [1.165, 1.54) is 9.13 Å². The van der Waals surface area contributed by atoms with E-state index in [1.807, 2.05) is 65.5 Å². The van der Waals surface area contributed by atoms with Crippen LogP contribution in [0.2, 0.25) is 0 Å². The Morgan fingerprint density at radius 3 is 2.50 bits per heavy atom. The van der Waals surface area contributed by atoms with Gasteiger partial charge in [0.1, 0.15) is 0 Å². The Hall–Kier alpha value is -1.93. The van der Waals surface area contributed by atoms with Crippen molar-refractivity contribution in [3.05, 3.63) is 73.5 Å². The molecule has 0 fully saturated rings. The summed E-state index contributed by atoms with van der Waals surface area (Å²) in [5.74, 6) is -0.0246. The van der Waals surface area contributed by atoms with Crippen molar-refractivity contribution in [1.82, 2.24) is 4.57 Å². The number of carbonyl (C=O) groups is 1. The minimum Gasteiger partial charge on any atom is -0.326 e. The molecule has 1 N–H and O–H groups in total. The molecule has 26 heavy (non-hydrogen) atoms. The smallest absolute Gasteiger partial charge is 0.230 e. The van der Waals surface area contributed by atoms with Gasteiger partial charge in [-0.25, -0.2) is 4.99 Å². The molecule has 0 saturated heterocycles. The fourth-order valence-corrected chi connectivity index (χ4v) is 3.76. The molecule has 0 atom stereocenters. The summed E-state index contributed by atoms with van der Waals surface area (Å²) in [7, 11) is 1.95. The van der Waals surface area contributed by atoms with Crippen LogP contribution in [0.5, 0.6) is 0 Å². The number of carbonyl (C=O) groups excluding carboxylic acids is 1. The van der Waals surface area contributed by atoms with Crippen molar-refractivity contribution in [3.8, 4) is 0 Å². The third-order valence-corrected chi connectivity index (χ3v) is 5.74. The molecule has 1 aromatic heterocycles. The number of aryl methyl sites for hydroxylation is 1. The summed E-state index contributed by atoms with van der Waals surface area (Å²) in [4.78, 5) is 17.9. The first-order valence-electron chi connectivity index (χ1n) is 8.37. The lowest BCUT2D eigenvalue weighted by Crippen LogP contribution is -2.19. The molecule has 134 valence electrons. The number of benzene rings is 2. The number of amides is 1. The van der Waals surface area contributed by atoms with Gasteiger partial charge in [-0.2, -0.15) is 0 Å². The molecule has 1 amide bonds. The number of thiazole rings is 1. The van der Waals surface area contributed by atoms with Crippen molar-refractivity contribution >= 4 is 51.2 Å². The lowest BCUT2D eigenvalue weighted by molar-refractivity contribution is -0.115. The van der Waals surface area contributed by atoms with Crippen molar-refractivity contribution in [2.24, 2.45) is 12.0 Å². The quantitative estimate of drug-likeness (QED) is 0.534. The number of anilines is 1. The number of hydrogen-bond donors (Lipinski definition) is 1. The zero-order chi connectivity index (χ0) is 18.5. The second-order valence-electron chi connectivity index (χ2n) is 5.93. The SMILES string of the molecule is CCc1ccc(NC(=O)Cc2csc(=Nc3ccc(I)cc3)n2C)cc1. The van der Waals surface area contributed by atoms with Gasteiger partial charge in [-0.15, -0.1) is 11.3 Å². The standard InChI is InChI=1S/C20H20IN3OS/c1-3-14-4-8-16(9-5-14)22-19(25)12-18-13-26-20(24(18)2)23-17-10-6-15(21)7-11-17/h4-11,13H,3,12H2,1-2H3,(H,22,25). The monoisotopic (exact) mass is 477 g/mol. The van der Waals surface area contributed by atoms with Crippen LogP contribution in [0.4, 0.5) is 11.4 Å². The molecular weight excluding hydrogens is 457 g/mol. The summed E-state index contributed by atoms with van der Waals surface area (Å²) in [5, 5.41) is 4.95. The normalized spacial score (nSPS) is 11.6. The molecule has 4 nitrogen and oxygen atoms in total. The summed E-state index contributed by atoms with van der Waals surface area (Å²) in [6.07, 6.45) is 1.32. The van der Waals surface area contributed by atoms with Crippen LogP contribution in [0.15, 0.2) is 58.9 Å². The topological polar surface area (TPSA) is 46.4 Å². The molecule has 1 heterocycles. The van der Waals surface area contributed by atoms with E-state index in [4.69, 9.17) is 0 Å². The van der Waals surface area contributed by atoms with Crippen LogP contribution in [0.25, 0.3) is 0 Å². The molecule has 0 bridgehead atoms. The first-order chi connectivity index (χ1) is 12.5. The molecule has 2 aromatic carbocycles. The highest BCUT2D eigenvalue weighted by Gasteiger charge is 2.09. The fraction of sp³-hybridized carbons (Fsp3) is 0.200. The fourth-order valence-electron chi connectivity index (χ4n) is 2.48. The highest BCUT2D eigenvalue weighted by atomic mass is 127. The average Bonchev–Trinajstić information content (AvgIpc) is 2.97. The van der Waals surface area contributed by atoms with E-state index in [2.05, 4.69) is 39.8 Å². The Morgan fingerprint density at radius 1 is 1.15 bits per heavy atom. The van der Waals surface area contributed by atoms with E-state index in [0.29, 0.717) is 6.42 Å². The largest absolute Gasteiger partial charge is 0.326 e. The molecule has 0 unspecified atom stereocenters. The molecule has 0 aliphatic carbocycles. The van der Waals surface area contributed by atoms with Gasteiger partial charge in [-0.05, 0) is 71.0 Å². The van der Waals surface area contributed by atoms with Crippen LogP contribution in [-0.4, -0.2) is 10.5 Å². The van der Waals surface area contributed by atoms with Crippen LogP contribution in [0, 0.1) is 3.57 Å². The molecule has 0 radical (unpaired) electrons. The van der Waals surface area contributed by atoms with Gasteiger partial charge in [-0.1, -0.05) is 19.1 Å². The van der Waals surface area contributed by atoms with Crippen LogP contribution >= 0.6 is 33.9 Å². The van der Waals surface area contributed by atoms with Gasteiger partial charge in [-0.3, -0.25) is 4.79 Å².